The van der Waals surface area contributed by atoms with E-state index in [1.165, 1.54) is 0 Å². The second-order valence-electron chi connectivity index (χ2n) is 4.99. The molecule has 0 radical (unpaired) electrons. The molecule has 0 bridgehead atoms. The molecule has 19 heavy (non-hydrogen) atoms. The number of carbonyl (C=O) groups excluding carboxylic acids is 2. The number of hydrogen-bond acceptors (Lipinski definition) is 3. The fourth-order valence-electron chi connectivity index (χ4n) is 1.92. The zero-order valence-corrected chi connectivity index (χ0v) is 11.0. The van der Waals surface area contributed by atoms with E-state index < -0.39 is 0 Å². The monoisotopic (exact) mass is 261 g/mol. The maximum Gasteiger partial charge on any atom is 0.231 e. The lowest BCUT2D eigenvalue weighted by Gasteiger charge is -2.13. The largest absolute Gasteiger partial charge is 0.359 e. The van der Waals surface area contributed by atoms with Gasteiger partial charge in [-0.05, 0) is 30.5 Å². The van der Waals surface area contributed by atoms with E-state index in [4.69, 9.17) is 5.73 Å². The molecule has 0 aromatic heterocycles. The second-order valence-corrected chi connectivity index (χ2v) is 4.99. The van der Waals surface area contributed by atoms with Crippen LogP contribution in [-0.2, 0) is 16.0 Å². The van der Waals surface area contributed by atoms with Crippen LogP contribution in [0.3, 0.4) is 0 Å². The molecular formula is C14H19N3O2. The average molecular weight is 261 g/mol. The Morgan fingerprint density at radius 2 is 1.89 bits per heavy atom. The molecule has 0 atom stereocenters. The number of hydrogen-bond donors (Lipinski definition) is 3. The van der Waals surface area contributed by atoms with Gasteiger partial charge in [0.2, 0.25) is 11.8 Å². The van der Waals surface area contributed by atoms with Crippen molar-refractivity contribution in [2.45, 2.75) is 19.3 Å². The van der Waals surface area contributed by atoms with Crippen LogP contribution in [0.2, 0.25) is 0 Å². The van der Waals surface area contributed by atoms with Gasteiger partial charge in [0.05, 0.1) is 11.8 Å². The topological polar surface area (TPSA) is 84.2 Å². The maximum absolute atomic E-state index is 12.0. The number of likely N-dealkylation sites (N-methyl/N-ethyl adjacent to an activating group) is 1. The summed E-state index contributed by atoms with van der Waals surface area (Å²) in [5.41, 5.74) is 6.92. The third kappa shape index (κ3) is 3.12. The quantitative estimate of drug-likeness (QED) is 0.727. The van der Waals surface area contributed by atoms with Crippen molar-refractivity contribution < 1.29 is 9.59 Å². The summed E-state index contributed by atoms with van der Waals surface area (Å²) in [5.74, 6) is -0.0362. The molecule has 1 aromatic carbocycles. The molecule has 1 aliphatic carbocycles. The smallest absolute Gasteiger partial charge is 0.231 e. The van der Waals surface area contributed by atoms with Crippen LogP contribution in [0.15, 0.2) is 24.3 Å². The second kappa shape index (κ2) is 5.40. The molecule has 2 rings (SSSR count). The van der Waals surface area contributed by atoms with Crippen molar-refractivity contribution in [1.29, 1.82) is 0 Å². The number of carbonyl (C=O) groups is 2. The number of nitrogens with two attached hydrogens (primary N) is 1. The highest BCUT2D eigenvalue weighted by Gasteiger charge is 2.48. The lowest BCUT2D eigenvalue weighted by molar-refractivity contribution is -0.121. The first-order valence-electron chi connectivity index (χ1n) is 6.41. The summed E-state index contributed by atoms with van der Waals surface area (Å²) in [6.07, 6.45) is 2.08. The van der Waals surface area contributed by atoms with Crippen molar-refractivity contribution in [1.82, 2.24) is 5.32 Å². The fraction of sp³-hybridized carbons (Fsp3) is 0.429. The van der Waals surface area contributed by atoms with E-state index in [0.29, 0.717) is 13.0 Å². The molecule has 5 heteroatoms. The lowest BCUT2D eigenvalue weighted by Crippen LogP contribution is -2.30. The Morgan fingerprint density at radius 1 is 1.26 bits per heavy atom. The van der Waals surface area contributed by atoms with Crippen molar-refractivity contribution >= 4 is 17.5 Å². The molecule has 4 N–H and O–H groups in total. The minimum atomic E-state index is -0.346. The van der Waals surface area contributed by atoms with Crippen LogP contribution in [-0.4, -0.2) is 25.4 Å². The molecule has 0 unspecified atom stereocenters. The Bertz CT molecular complexity index is 478. The molecule has 0 aliphatic heterocycles. The van der Waals surface area contributed by atoms with Crippen LogP contribution in [0.1, 0.15) is 18.4 Å². The van der Waals surface area contributed by atoms with Gasteiger partial charge in [-0.3, -0.25) is 9.59 Å². The van der Waals surface area contributed by atoms with E-state index in [1.807, 2.05) is 24.3 Å². The summed E-state index contributed by atoms with van der Waals surface area (Å²) in [7, 11) is 1.61. The van der Waals surface area contributed by atoms with Crippen molar-refractivity contribution in [3.8, 4) is 0 Å². The predicted molar refractivity (Wildman–Crippen MR) is 73.6 cm³/mol. The van der Waals surface area contributed by atoms with Crippen LogP contribution in [0, 0.1) is 5.41 Å². The first-order valence-corrected chi connectivity index (χ1v) is 6.41. The first-order chi connectivity index (χ1) is 9.09. The maximum atomic E-state index is 12.0. The average Bonchev–Trinajstić information content (AvgIpc) is 3.22. The van der Waals surface area contributed by atoms with Gasteiger partial charge in [-0.2, -0.15) is 0 Å². The van der Waals surface area contributed by atoms with Gasteiger partial charge in [-0.1, -0.05) is 12.1 Å². The molecule has 0 heterocycles. The van der Waals surface area contributed by atoms with Gasteiger partial charge in [0.1, 0.15) is 0 Å². The molecule has 5 nitrogen and oxygen atoms in total. The van der Waals surface area contributed by atoms with Crippen LogP contribution < -0.4 is 16.4 Å². The highest BCUT2D eigenvalue weighted by molar-refractivity contribution is 5.97. The van der Waals surface area contributed by atoms with Gasteiger partial charge >= 0.3 is 0 Å². The molecule has 2 amide bonds. The van der Waals surface area contributed by atoms with Gasteiger partial charge < -0.3 is 16.4 Å². The first kappa shape index (κ1) is 13.5. The third-order valence-corrected chi connectivity index (χ3v) is 3.58. The zero-order valence-electron chi connectivity index (χ0n) is 11.0. The van der Waals surface area contributed by atoms with Crippen molar-refractivity contribution in [2.24, 2.45) is 11.1 Å². The summed E-state index contributed by atoms with van der Waals surface area (Å²) in [4.78, 5) is 23.2. The summed E-state index contributed by atoms with van der Waals surface area (Å²) >= 11 is 0. The Morgan fingerprint density at radius 3 is 2.37 bits per heavy atom. The van der Waals surface area contributed by atoms with Crippen LogP contribution in [0.4, 0.5) is 5.69 Å². The van der Waals surface area contributed by atoms with Crippen LogP contribution in [0.5, 0.6) is 0 Å². The highest BCUT2D eigenvalue weighted by atomic mass is 16.2. The van der Waals surface area contributed by atoms with E-state index in [2.05, 4.69) is 10.6 Å². The molecule has 0 spiro atoms. The Kier molecular flexibility index (Phi) is 3.85. The van der Waals surface area contributed by atoms with Crippen molar-refractivity contribution in [2.75, 3.05) is 18.9 Å². The van der Waals surface area contributed by atoms with Crippen molar-refractivity contribution in [3.63, 3.8) is 0 Å². The predicted octanol–water partition coefficient (Wildman–Crippen LogP) is 0.652. The summed E-state index contributed by atoms with van der Waals surface area (Å²) < 4.78 is 0. The number of rotatable bonds is 5. The summed E-state index contributed by atoms with van der Waals surface area (Å²) in [5, 5.41) is 5.44. The normalized spacial score (nSPS) is 15.7. The Hall–Kier alpha value is -1.88. The van der Waals surface area contributed by atoms with Crippen molar-refractivity contribution in [3.05, 3.63) is 29.8 Å². The molecule has 1 aliphatic rings. The van der Waals surface area contributed by atoms with Crippen LogP contribution >= 0.6 is 0 Å². The number of anilines is 1. The van der Waals surface area contributed by atoms with Gasteiger partial charge in [0.15, 0.2) is 0 Å². The fourth-order valence-corrected chi connectivity index (χ4v) is 1.92. The minimum Gasteiger partial charge on any atom is -0.359 e. The molecule has 1 saturated carbocycles. The van der Waals surface area contributed by atoms with Gasteiger partial charge in [0, 0.05) is 19.3 Å². The standard InChI is InChI=1S/C14H19N3O2/c1-16-12(18)8-10-2-4-11(5-3-10)17-13(19)14(9-15)6-7-14/h2-5H,6-9,15H2,1H3,(H,16,18)(H,17,19). The molecule has 1 fully saturated rings. The minimum absolute atomic E-state index is 0.00551. The van der Waals surface area contributed by atoms with E-state index in [0.717, 1.165) is 24.1 Å². The van der Waals surface area contributed by atoms with E-state index in [-0.39, 0.29) is 17.2 Å². The number of benzene rings is 1. The van der Waals surface area contributed by atoms with E-state index in [1.54, 1.807) is 7.05 Å². The van der Waals surface area contributed by atoms with Gasteiger partial charge in [-0.15, -0.1) is 0 Å². The SMILES string of the molecule is CNC(=O)Cc1ccc(NC(=O)C2(CN)CC2)cc1. The van der Waals surface area contributed by atoms with Crippen LogP contribution in [0.25, 0.3) is 0 Å². The molecular weight excluding hydrogens is 242 g/mol. The molecule has 1 aromatic rings. The zero-order chi connectivity index (χ0) is 13.9. The summed E-state index contributed by atoms with van der Waals surface area (Å²) in [6.45, 7) is 0.396. The number of amides is 2. The summed E-state index contributed by atoms with van der Waals surface area (Å²) in [6, 6.07) is 7.30. The third-order valence-electron chi connectivity index (χ3n) is 3.58. The molecule has 102 valence electrons. The number of nitrogens with one attached hydrogen (secondary N) is 2. The van der Waals surface area contributed by atoms with Gasteiger partial charge in [0.25, 0.3) is 0 Å². The Balaban J connectivity index is 1.95. The molecule has 0 saturated heterocycles. The van der Waals surface area contributed by atoms with Gasteiger partial charge in [-0.25, -0.2) is 0 Å². The lowest BCUT2D eigenvalue weighted by atomic mass is 10.1. The Labute approximate surface area is 112 Å². The highest BCUT2D eigenvalue weighted by Crippen LogP contribution is 2.45. The van der Waals surface area contributed by atoms with E-state index in [9.17, 15) is 9.59 Å². The van der Waals surface area contributed by atoms with E-state index >= 15 is 0 Å².